The molecule has 2 rings (SSSR count). The van der Waals surface area contributed by atoms with Crippen molar-refractivity contribution in [2.24, 2.45) is 5.92 Å². The summed E-state index contributed by atoms with van der Waals surface area (Å²) in [5.74, 6) is 0.454. The predicted molar refractivity (Wildman–Crippen MR) is 74.1 cm³/mol. The highest BCUT2D eigenvalue weighted by Gasteiger charge is 2.15. The Balaban J connectivity index is 2.56. The van der Waals surface area contributed by atoms with Crippen molar-refractivity contribution >= 4 is 0 Å². The van der Waals surface area contributed by atoms with Gasteiger partial charge in [-0.25, -0.2) is 4.68 Å². The normalized spacial score (nSPS) is 10.7. The molecule has 1 aromatic carbocycles. The maximum Gasteiger partial charge on any atom is 0.186 e. The molecule has 0 aliphatic heterocycles. The summed E-state index contributed by atoms with van der Waals surface area (Å²) >= 11 is 0. The number of nitriles is 1. The first kappa shape index (κ1) is 13.3. The van der Waals surface area contributed by atoms with Crippen molar-refractivity contribution in [1.29, 1.82) is 5.26 Å². The first-order chi connectivity index (χ1) is 9.01. The van der Waals surface area contributed by atoms with E-state index in [0.717, 1.165) is 17.8 Å². The second kappa shape index (κ2) is 5.23. The van der Waals surface area contributed by atoms with Crippen molar-refractivity contribution in [3.8, 4) is 11.8 Å². The molecule has 0 radical (unpaired) electrons. The van der Waals surface area contributed by atoms with Gasteiger partial charge in [0.1, 0.15) is 6.07 Å². The summed E-state index contributed by atoms with van der Waals surface area (Å²) < 4.78 is 1.79. The van der Waals surface area contributed by atoms with E-state index < -0.39 is 0 Å². The molecule has 19 heavy (non-hydrogen) atoms. The minimum atomic E-state index is 0.424. The van der Waals surface area contributed by atoms with Crippen LogP contribution in [-0.2, 0) is 6.42 Å². The van der Waals surface area contributed by atoms with Gasteiger partial charge in [-0.05, 0) is 49.4 Å². The van der Waals surface area contributed by atoms with E-state index in [-0.39, 0.29) is 0 Å². The summed E-state index contributed by atoms with van der Waals surface area (Å²) in [6, 6.07) is 8.37. The lowest BCUT2D eigenvalue weighted by Crippen LogP contribution is -2.07. The van der Waals surface area contributed by atoms with Gasteiger partial charge in [0.15, 0.2) is 5.69 Å². The van der Waals surface area contributed by atoms with E-state index in [1.807, 2.05) is 0 Å². The topological polar surface area (TPSA) is 54.5 Å². The molecule has 0 fully saturated rings. The van der Waals surface area contributed by atoms with Gasteiger partial charge in [0.05, 0.1) is 11.4 Å². The fourth-order valence-electron chi connectivity index (χ4n) is 2.24. The van der Waals surface area contributed by atoms with Crippen LogP contribution in [0.5, 0.6) is 0 Å². The van der Waals surface area contributed by atoms with Gasteiger partial charge in [-0.1, -0.05) is 25.1 Å². The van der Waals surface area contributed by atoms with Crippen LogP contribution in [0.3, 0.4) is 0 Å². The van der Waals surface area contributed by atoms with Gasteiger partial charge >= 0.3 is 0 Å². The Bertz CT molecular complexity index is 612. The Morgan fingerprint density at radius 2 is 1.84 bits per heavy atom. The third-order valence-corrected chi connectivity index (χ3v) is 2.92. The van der Waals surface area contributed by atoms with Crippen molar-refractivity contribution in [2.75, 3.05) is 0 Å². The quantitative estimate of drug-likeness (QED) is 0.846. The highest BCUT2D eigenvalue weighted by atomic mass is 15.4. The molecular weight excluding hydrogens is 236 g/mol. The van der Waals surface area contributed by atoms with Gasteiger partial charge in [-0.15, -0.1) is 5.10 Å². The molecular formula is C15H18N4. The molecule has 0 aliphatic carbocycles. The maximum absolute atomic E-state index is 9.13. The van der Waals surface area contributed by atoms with Gasteiger partial charge < -0.3 is 0 Å². The number of nitrogens with zero attached hydrogens (tertiary/aromatic N) is 4. The van der Waals surface area contributed by atoms with Crippen LogP contribution in [0, 0.1) is 31.1 Å². The Morgan fingerprint density at radius 3 is 2.37 bits per heavy atom. The van der Waals surface area contributed by atoms with Crippen LogP contribution >= 0.6 is 0 Å². The Morgan fingerprint density at radius 1 is 1.21 bits per heavy atom. The molecule has 4 heteroatoms. The summed E-state index contributed by atoms with van der Waals surface area (Å²) in [4.78, 5) is 0. The van der Waals surface area contributed by atoms with E-state index in [0.29, 0.717) is 11.6 Å². The summed E-state index contributed by atoms with van der Waals surface area (Å²) in [6.07, 6.45) is 0.795. The molecule has 0 aliphatic rings. The van der Waals surface area contributed by atoms with Crippen molar-refractivity contribution in [2.45, 2.75) is 34.1 Å². The van der Waals surface area contributed by atoms with E-state index in [1.54, 1.807) is 4.68 Å². The van der Waals surface area contributed by atoms with Gasteiger partial charge in [0.2, 0.25) is 0 Å². The SMILES string of the molecule is Cc1cc(C)cc(-n2nnc(C#N)c2CC(C)C)c1. The fraction of sp³-hybridized carbons (Fsp3) is 0.400. The molecule has 0 amide bonds. The van der Waals surface area contributed by atoms with Crippen LogP contribution in [0.1, 0.15) is 36.4 Å². The molecule has 2 aromatic rings. The predicted octanol–water partition coefficient (Wildman–Crippen LogP) is 2.95. The molecule has 1 heterocycles. The second-order valence-electron chi connectivity index (χ2n) is 5.35. The third kappa shape index (κ3) is 2.82. The van der Waals surface area contributed by atoms with Gasteiger partial charge in [0, 0.05) is 0 Å². The first-order valence-electron chi connectivity index (χ1n) is 6.44. The monoisotopic (exact) mass is 254 g/mol. The van der Waals surface area contributed by atoms with Gasteiger partial charge in [-0.3, -0.25) is 0 Å². The van der Waals surface area contributed by atoms with E-state index in [1.165, 1.54) is 11.1 Å². The molecule has 0 unspecified atom stereocenters. The van der Waals surface area contributed by atoms with Crippen molar-refractivity contribution in [1.82, 2.24) is 15.0 Å². The molecule has 0 atom stereocenters. The molecule has 0 saturated carbocycles. The number of hydrogen-bond donors (Lipinski definition) is 0. The molecule has 98 valence electrons. The Labute approximate surface area is 113 Å². The second-order valence-corrected chi connectivity index (χ2v) is 5.35. The van der Waals surface area contributed by atoms with Crippen molar-refractivity contribution < 1.29 is 0 Å². The highest BCUT2D eigenvalue weighted by molar-refractivity contribution is 5.41. The first-order valence-corrected chi connectivity index (χ1v) is 6.44. The zero-order chi connectivity index (χ0) is 14.0. The lowest BCUT2D eigenvalue weighted by atomic mass is 10.1. The summed E-state index contributed by atoms with van der Waals surface area (Å²) in [5.41, 5.74) is 4.65. The maximum atomic E-state index is 9.13. The number of aryl methyl sites for hydroxylation is 2. The highest BCUT2D eigenvalue weighted by Crippen LogP contribution is 2.18. The average molecular weight is 254 g/mol. The summed E-state index contributed by atoms with van der Waals surface area (Å²) in [5, 5.41) is 17.2. The van der Waals surface area contributed by atoms with Gasteiger partial charge in [-0.2, -0.15) is 5.26 Å². The van der Waals surface area contributed by atoms with E-state index in [2.05, 4.69) is 62.3 Å². The van der Waals surface area contributed by atoms with Crippen LogP contribution in [0.25, 0.3) is 5.69 Å². The lowest BCUT2D eigenvalue weighted by Gasteiger charge is -2.10. The van der Waals surface area contributed by atoms with E-state index in [4.69, 9.17) is 5.26 Å². The number of rotatable bonds is 3. The zero-order valence-corrected chi connectivity index (χ0v) is 11.8. The molecule has 0 spiro atoms. The molecule has 4 nitrogen and oxygen atoms in total. The van der Waals surface area contributed by atoms with Gasteiger partial charge in [0.25, 0.3) is 0 Å². The van der Waals surface area contributed by atoms with E-state index >= 15 is 0 Å². The average Bonchev–Trinajstić information content (AvgIpc) is 2.69. The Kier molecular flexibility index (Phi) is 3.66. The molecule has 0 N–H and O–H groups in total. The van der Waals surface area contributed by atoms with Crippen molar-refractivity contribution in [3.63, 3.8) is 0 Å². The van der Waals surface area contributed by atoms with E-state index in [9.17, 15) is 0 Å². The molecule has 1 aromatic heterocycles. The number of aromatic nitrogens is 3. The smallest absolute Gasteiger partial charge is 0.186 e. The zero-order valence-electron chi connectivity index (χ0n) is 11.8. The van der Waals surface area contributed by atoms with Crippen LogP contribution in [0.4, 0.5) is 0 Å². The van der Waals surface area contributed by atoms with Crippen LogP contribution in [0.2, 0.25) is 0 Å². The van der Waals surface area contributed by atoms with Crippen LogP contribution in [-0.4, -0.2) is 15.0 Å². The van der Waals surface area contributed by atoms with Crippen LogP contribution < -0.4 is 0 Å². The fourth-order valence-corrected chi connectivity index (χ4v) is 2.24. The number of benzene rings is 1. The number of hydrogen-bond acceptors (Lipinski definition) is 3. The molecule has 0 saturated heterocycles. The molecule has 0 bridgehead atoms. The largest absolute Gasteiger partial charge is 0.216 e. The minimum Gasteiger partial charge on any atom is -0.216 e. The summed E-state index contributed by atoms with van der Waals surface area (Å²) in [7, 11) is 0. The van der Waals surface area contributed by atoms with Crippen molar-refractivity contribution in [3.05, 3.63) is 40.7 Å². The standard InChI is InChI=1S/C15H18N4/c1-10(2)5-15-14(9-16)17-18-19(15)13-7-11(3)6-12(4)8-13/h6-8,10H,5H2,1-4H3. The minimum absolute atomic E-state index is 0.424. The summed E-state index contributed by atoms with van der Waals surface area (Å²) in [6.45, 7) is 8.36. The Hall–Kier alpha value is -2.15. The van der Waals surface area contributed by atoms with Crippen LogP contribution in [0.15, 0.2) is 18.2 Å². The lowest BCUT2D eigenvalue weighted by molar-refractivity contribution is 0.613. The third-order valence-electron chi connectivity index (χ3n) is 2.92.